The van der Waals surface area contributed by atoms with Crippen molar-refractivity contribution in [3.8, 4) is 17.2 Å². The Balaban J connectivity index is 1.52. The van der Waals surface area contributed by atoms with Crippen LogP contribution in [0.15, 0.2) is 91.1 Å². The monoisotopic (exact) mass is 552 g/mol. The van der Waals surface area contributed by atoms with Crippen molar-refractivity contribution in [2.45, 2.75) is 32.4 Å². The van der Waals surface area contributed by atoms with Crippen LogP contribution in [0, 0.1) is 0 Å². The van der Waals surface area contributed by atoms with Crippen molar-refractivity contribution in [3.63, 3.8) is 0 Å². The summed E-state index contributed by atoms with van der Waals surface area (Å²) in [6, 6.07) is 26.4. The highest BCUT2D eigenvalue weighted by atomic mass is 16.5. The van der Waals surface area contributed by atoms with E-state index in [9.17, 15) is 9.59 Å². The highest BCUT2D eigenvalue weighted by Crippen LogP contribution is 2.45. The molecule has 1 unspecified atom stereocenters. The van der Waals surface area contributed by atoms with Crippen LogP contribution in [-0.4, -0.2) is 48.7 Å². The maximum Gasteiger partial charge on any atom is 0.318 e. The number of hydrogen-bond acceptors (Lipinski definition) is 4. The second-order valence-electron chi connectivity index (χ2n) is 9.99. The minimum atomic E-state index is -0.502. The lowest BCUT2D eigenvalue weighted by molar-refractivity contribution is -0.119. The molecule has 1 aromatic heterocycles. The first kappa shape index (κ1) is 27.8. The van der Waals surface area contributed by atoms with Gasteiger partial charge in [-0.05, 0) is 54.4 Å². The number of hydrogen-bond donors (Lipinski definition) is 1. The topological polar surface area (TPSA) is 76.0 Å². The summed E-state index contributed by atoms with van der Waals surface area (Å²) in [7, 11) is 3.24. The largest absolute Gasteiger partial charge is 0.497 e. The molecule has 3 aromatic carbocycles. The van der Waals surface area contributed by atoms with E-state index in [1.54, 1.807) is 24.0 Å². The van der Waals surface area contributed by atoms with E-state index in [2.05, 4.69) is 16.8 Å². The number of ether oxygens (including phenoxy) is 2. The van der Waals surface area contributed by atoms with Gasteiger partial charge in [0.1, 0.15) is 24.1 Å². The molecule has 0 fully saturated rings. The predicted octanol–water partition coefficient (Wildman–Crippen LogP) is 5.94. The molecule has 4 aromatic rings. The number of aromatic nitrogens is 1. The Hall–Kier alpha value is -4.72. The van der Waals surface area contributed by atoms with Crippen LogP contribution >= 0.6 is 0 Å². The fourth-order valence-electron chi connectivity index (χ4n) is 5.34. The number of rotatable bonds is 10. The van der Waals surface area contributed by atoms with Crippen molar-refractivity contribution in [1.82, 2.24) is 14.8 Å². The van der Waals surface area contributed by atoms with E-state index in [0.717, 1.165) is 41.0 Å². The standard InChI is InChI=1S/C33H36N4O4/c1-4-5-19-35(33(39)34-22-24-12-7-6-8-13-24)23-31(38)37-28-15-10-9-14-27(28)36-20-11-16-29(36)32(37)26-21-25(40-2)17-18-30(26)41-3/h6-18,20-21,32H,4-5,19,22-23H2,1-3H3,(H,34,39). The molecule has 0 bridgehead atoms. The first-order chi connectivity index (χ1) is 20.0. The number of nitrogens with zero attached hydrogens (tertiary/aromatic N) is 3. The predicted molar refractivity (Wildman–Crippen MR) is 160 cm³/mol. The highest BCUT2D eigenvalue weighted by Gasteiger charge is 2.38. The molecule has 212 valence electrons. The zero-order valence-electron chi connectivity index (χ0n) is 23.7. The average molecular weight is 553 g/mol. The van der Waals surface area contributed by atoms with Gasteiger partial charge in [0.15, 0.2) is 0 Å². The molecule has 0 spiro atoms. The summed E-state index contributed by atoms with van der Waals surface area (Å²) < 4.78 is 13.4. The van der Waals surface area contributed by atoms with Gasteiger partial charge in [-0.1, -0.05) is 55.8 Å². The second-order valence-corrected chi connectivity index (χ2v) is 9.99. The van der Waals surface area contributed by atoms with E-state index in [-0.39, 0.29) is 18.5 Å². The molecule has 2 heterocycles. The number of para-hydroxylation sites is 2. The van der Waals surface area contributed by atoms with E-state index < -0.39 is 6.04 Å². The van der Waals surface area contributed by atoms with E-state index in [1.807, 2.05) is 91.1 Å². The second kappa shape index (κ2) is 12.6. The van der Waals surface area contributed by atoms with Gasteiger partial charge in [-0.15, -0.1) is 0 Å². The summed E-state index contributed by atoms with van der Waals surface area (Å²) >= 11 is 0. The van der Waals surface area contributed by atoms with Crippen molar-refractivity contribution in [3.05, 3.63) is 108 Å². The highest BCUT2D eigenvalue weighted by molar-refractivity contribution is 6.00. The van der Waals surface area contributed by atoms with Crippen molar-refractivity contribution in [1.29, 1.82) is 0 Å². The molecule has 1 aliphatic rings. The molecule has 8 heteroatoms. The zero-order chi connectivity index (χ0) is 28.8. The minimum Gasteiger partial charge on any atom is -0.497 e. The molecular formula is C33H36N4O4. The Labute approximate surface area is 241 Å². The minimum absolute atomic E-state index is 0.0710. The van der Waals surface area contributed by atoms with E-state index in [4.69, 9.17) is 9.47 Å². The van der Waals surface area contributed by atoms with Crippen molar-refractivity contribution in [2.24, 2.45) is 0 Å². The molecule has 0 aliphatic carbocycles. The lowest BCUT2D eigenvalue weighted by atomic mass is 9.96. The van der Waals surface area contributed by atoms with Crippen LogP contribution in [0.1, 0.15) is 42.6 Å². The number of nitrogens with one attached hydrogen (secondary N) is 1. The SMILES string of the molecule is CCCCN(CC(=O)N1c2ccccc2-n2cccc2C1c1cc(OC)ccc1OC)C(=O)NCc1ccccc1. The molecule has 1 aliphatic heterocycles. The Bertz CT molecular complexity index is 1500. The smallest absolute Gasteiger partial charge is 0.318 e. The maximum absolute atomic E-state index is 14.4. The molecule has 3 amide bonds. The van der Waals surface area contributed by atoms with Gasteiger partial charge in [0.2, 0.25) is 5.91 Å². The number of fused-ring (bicyclic) bond motifs is 3. The third kappa shape index (κ3) is 5.77. The molecule has 1 N–H and O–H groups in total. The number of benzene rings is 3. The first-order valence-electron chi connectivity index (χ1n) is 13.9. The van der Waals surface area contributed by atoms with Crippen molar-refractivity contribution >= 4 is 17.6 Å². The van der Waals surface area contributed by atoms with Gasteiger partial charge in [-0.3, -0.25) is 9.69 Å². The van der Waals surface area contributed by atoms with Crippen LogP contribution in [0.4, 0.5) is 10.5 Å². The van der Waals surface area contributed by atoms with Crippen molar-refractivity contribution in [2.75, 3.05) is 32.2 Å². The normalized spacial score (nSPS) is 13.6. The van der Waals surface area contributed by atoms with Gasteiger partial charge < -0.3 is 24.3 Å². The van der Waals surface area contributed by atoms with E-state index >= 15 is 0 Å². The molecule has 41 heavy (non-hydrogen) atoms. The molecule has 1 atom stereocenters. The van der Waals surface area contributed by atoms with Crippen LogP contribution < -0.4 is 19.7 Å². The number of methoxy groups -OCH3 is 2. The number of amides is 3. The Morgan fingerprint density at radius 2 is 1.66 bits per heavy atom. The molecule has 0 saturated heterocycles. The Morgan fingerprint density at radius 1 is 0.902 bits per heavy atom. The fraction of sp³-hybridized carbons (Fsp3) is 0.273. The number of unbranched alkanes of at least 4 members (excludes halogenated alkanes) is 1. The number of anilines is 1. The summed E-state index contributed by atoms with van der Waals surface area (Å²) in [6.45, 7) is 2.86. The third-order valence-corrected chi connectivity index (χ3v) is 7.40. The van der Waals surface area contributed by atoms with Gasteiger partial charge in [-0.2, -0.15) is 0 Å². The van der Waals surface area contributed by atoms with Crippen LogP contribution in [0.2, 0.25) is 0 Å². The van der Waals surface area contributed by atoms with Gasteiger partial charge >= 0.3 is 6.03 Å². The summed E-state index contributed by atoms with van der Waals surface area (Å²) in [5.74, 6) is 1.12. The molecule has 5 rings (SSSR count). The maximum atomic E-state index is 14.4. The van der Waals surface area contributed by atoms with Crippen LogP contribution in [0.3, 0.4) is 0 Å². The molecule has 0 saturated carbocycles. The quantitative estimate of drug-likeness (QED) is 0.264. The lowest BCUT2D eigenvalue weighted by Crippen LogP contribution is -2.49. The third-order valence-electron chi connectivity index (χ3n) is 7.40. The lowest BCUT2D eigenvalue weighted by Gasteiger charge is -2.40. The molecular weight excluding hydrogens is 516 g/mol. The summed E-state index contributed by atoms with van der Waals surface area (Å²) in [5, 5.41) is 3.00. The van der Waals surface area contributed by atoms with Crippen molar-refractivity contribution < 1.29 is 19.1 Å². The Kier molecular flexibility index (Phi) is 8.58. The average Bonchev–Trinajstić information content (AvgIpc) is 3.51. The van der Waals surface area contributed by atoms with E-state index in [1.165, 1.54) is 0 Å². The Morgan fingerprint density at radius 3 is 2.39 bits per heavy atom. The van der Waals surface area contributed by atoms with Gasteiger partial charge in [0.05, 0.1) is 31.3 Å². The zero-order valence-corrected chi connectivity index (χ0v) is 23.7. The van der Waals surface area contributed by atoms with E-state index in [0.29, 0.717) is 24.6 Å². The number of carbonyl (C=O) groups excluding carboxylic acids is 2. The van der Waals surface area contributed by atoms with Crippen LogP contribution in [-0.2, 0) is 11.3 Å². The number of urea groups is 1. The fourth-order valence-corrected chi connectivity index (χ4v) is 5.34. The molecule has 8 nitrogen and oxygen atoms in total. The van der Waals surface area contributed by atoms with Gasteiger partial charge in [0.25, 0.3) is 0 Å². The number of carbonyl (C=O) groups is 2. The van der Waals surface area contributed by atoms with Crippen LogP contribution in [0.5, 0.6) is 11.5 Å². The summed E-state index contributed by atoms with van der Waals surface area (Å²) in [6.07, 6.45) is 3.69. The summed E-state index contributed by atoms with van der Waals surface area (Å²) in [4.78, 5) is 31.2. The summed E-state index contributed by atoms with van der Waals surface area (Å²) in [5.41, 5.74) is 4.36. The van der Waals surface area contributed by atoms with Gasteiger partial charge in [-0.25, -0.2) is 4.79 Å². The van der Waals surface area contributed by atoms with Gasteiger partial charge in [0, 0.05) is 24.8 Å². The first-order valence-corrected chi connectivity index (χ1v) is 13.9. The van der Waals surface area contributed by atoms with Crippen LogP contribution in [0.25, 0.3) is 5.69 Å². The molecule has 0 radical (unpaired) electrons.